The van der Waals surface area contributed by atoms with Crippen molar-refractivity contribution in [1.82, 2.24) is 5.32 Å². The summed E-state index contributed by atoms with van der Waals surface area (Å²) >= 11 is 0. The standard InChI is InChI=1S/C11H22N2O/c1-12-8-4-2-5-9-13-10-6-3-7-11-14/h10-12H,2-9H2,1H3/b13-10+. The number of hydrogen-bond donors (Lipinski definition) is 1. The summed E-state index contributed by atoms with van der Waals surface area (Å²) < 4.78 is 0. The van der Waals surface area contributed by atoms with Gasteiger partial charge in [0.25, 0.3) is 0 Å². The number of carbonyl (C=O) groups is 1. The van der Waals surface area contributed by atoms with Gasteiger partial charge in [-0.25, -0.2) is 0 Å². The van der Waals surface area contributed by atoms with Crippen LogP contribution >= 0.6 is 0 Å². The molecule has 82 valence electrons. The summed E-state index contributed by atoms with van der Waals surface area (Å²) in [6.45, 7) is 2.04. The molecule has 0 aromatic heterocycles. The summed E-state index contributed by atoms with van der Waals surface area (Å²) in [4.78, 5) is 14.3. The van der Waals surface area contributed by atoms with E-state index in [2.05, 4.69) is 10.3 Å². The van der Waals surface area contributed by atoms with E-state index < -0.39 is 0 Å². The van der Waals surface area contributed by atoms with Gasteiger partial charge in [0.1, 0.15) is 6.29 Å². The molecule has 0 aliphatic heterocycles. The number of nitrogens with zero attached hydrogens (tertiary/aromatic N) is 1. The monoisotopic (exact) mass is 198 g/mol. The minimum Gasteiger partial charge on any atom is -0.320 e. The minimum atomic E-state index is 0.661. The Balaban J connectivity index is 2.99. The molecular weight excluding hydrogens is 176 g/mol. The zero-order chi connectivity index (χ0) is 10.5. The molecule has 0 saturated heterocycles. The molecule has 0 aromatic rings. The molecule has 0 unspecified atom stereocenters. The lowest BCUT2D eigenvalue weighted by Crippen LogP contribution is -2.07. The Morgan fingerprint density at radius 1 is 1.14 bits per heavy atom. The lowest BCUT2D eigenvalue weighted by Gasteiger charge is -1.97. The first-order valence-corrected chi connectivity index (χ1v) is 5.48. The van der Waals surface area contributed by atoms with Crippen LogP contribution in [0.5, 0.6) is 0 Å². The Labute approximate surface area is 87.0 Å². The molecule has 0 fully saturated rings. The van der Waals surface area contributed by atoms with Crippen molar-refractivity contribution in [2.45, 2.75) is 38.5 Å². The molecular formula is C11H22N2O. The maximum absolute atomic E-state index is 9.99. The Kier molecular flexibility index (Phi) is 11.7. The summed E-state index contributed by atoms with van der Waals surface area (Å²) in [5.41, 5.74) is 0. The highest BCUT2D eigenvalue weighted by atomic mass is 16.1. The Bertz CT molecular complexity index is 146. The molecule has 1 N–H and O–H groups in total. The fourth-order valence-electron chi connectivity index (χ4n) is 1.16. The van der Waals surface area contributed by atoms with Gasteiger partial charge in [-0.05, 0) is 45.5 Å². The fraction of sp³-hybridized carbons (Fsp3) is 0.818. The van der Waals surface area contributed by atoms with Crippen LogP contribution in [0.4, 0.5) is 0 Å². The van der Waals surface area contributed by atoms with E-state index in [-0.39, 0.29) is 0 Å². The molecule has 0 atom stereocenters. The van der Waals surface area contributed by atoms with E-state index >= 15 is 0 Å². The van der Waals surface area contributed by atoms with Crippen molar-refractivity contribution >= 4 is 12.5 Å². The van der Waals surface area contributed by atoms with Crippen LogP contribution in [0.2, 0.25) is 0 Å². The number of nitrogens with one attached hydrogen (secondary N) is 1. The second-order valence-electron chi connectivity index (χ2n) is 3.35. The fourth-order valence-corrected chi connectivity index (χ4v) is 1.16. The minimum absolute atomic E-state index is 0.661. The Morgan fingerprint density at radius 2 is 2.00 bits per heavy atom. The van der Waals surface area contributed by atoms with E-state index in [1.807, 2.05) is 13.3 Å². The third kappa shape index (κ3) is 11.3. The molecule has 0 aliphatic carbocycles. The van der Waals surface area contributed by atoms with Crippen molar-refractivity contribution in [1.29, 1.82) is 0 Å². The summed E-state index contributed by atoms with van der Waals surface area (Å²) in [6, 6.07) is 0. The lowest BCUT2D eigenvalue weighted by atomic mass is 10.2. The van der Waals surface area contributed by atoms with E-state index in [4.69, 9.17) is 0 Å². The van der Waals surface area contributed by atoms with Crippen LogP contribution in [-0.2, 0) is 4.79 Å². The van der Waals surface area contributed by atoms with Gasteiger partial charge < -0.3 is 10.1 Å². The zero-order valence-electron chi connectivity index (χ0n) is 9.17. The zero-order valence-corrected chi connectivity index (χ0v) is 9.17. The van der Waals surface area contributed by atoms with Gasteiger partial charge in [-0.1, -0.05) is 6.42 Å². The van der Waals surface area contributed by atoms with Gasteiger partial charge in [-0.2, -0.15) is 0 Å². The van der Waals surface area contributed by atoms with E-state index in [9.17, 15) is 4.79 Å². The van der Waals surface area contributed by atoms with Crippen LogP contribution in [0.1, 0.15) is 38.5 Å². The maximum atomic E-state index is 9.99. The number of carbonyl (C=O) groups excluding carboxylic acids is 1. The summed E-state index contributed by atoms with van der Waals surface area (Å²) in [7, 11) is 1.98. The molecule has 0 aromatic carbocycles. The molecule has 0 rings (SSSR count). The summed E-state index contributed by atoms with van der Waals surface area (Å²) in [5.74, 6) is 0. The Hall–Kier alpha value is -0.700. The number of rotatable bonds is 10. The number of hydrogen-bond acceptors (Lipinski definition) is 3. The van der Waals surface area contributed by atoms with Crippen LogP contribution in [0.15, 0.2) is 4.99 Å². The van der Waals surface area contributed by atoms with Crippen LogP contribution in [-0.4, -0.2) is 32.6 Å². The highest BCUT2D eigenvalue weighted by Crippen LogP contribution is 1.94. The van der Waals surface area contributed by atoms with Gasteiger partial charge in [-0.15, -0.1) is 0 Å². The van der Waals surface area contributed by atoms with Crippen molar-refractivity contribution in [2.24, 2.45) is 4.99 Å². The van der Waals surface area contributed by atoms with Gasteiger partial charge >= 0.3 is 0 Å². The van der Waals surface area contributed by atoms with E-state index in [1.165, 1.54) is 19.3 Å². The first-order chi connectivity index (χ1) is 6.91. The SMILES string of the molecule is CNCCCCC/N=C/CCCC=O. The van der Waals surface area contributed by atoms with Crippen molar-refractivity contribution in [3.63, 3.8) is 0 Å². The van der Waals surface area contributed by atoms with Gasteiger partial charge in [0.2, 0.25) is 0 Å². The van der Waals surface area contributed by atoms with Gasteiger partial charge in [-0.3, -0.25) is 4.99 Å². The first-order valence-electron chi connectivity index (χ1n) is 5.48. The molecule has 0 amide bonds. The van der Waals surface area contributed by atoms with E-state index in [1.54, 1.807) is 0 Å². The molecule has 14 heavy (non-hydrogen) atoms. The Morgan fingerprint density at radius 3 is 2.71 bits per heavy atom. The average Bonchev–Trinajstić information content (AvgIpc) is 2.21. The molecule has 3 nitrogen and oxygen atoms in total. The third-order valence-electron chi connectivity index (χ3n) is 2.00. The van der Waals surface area contributed by atoms with Crippen LogP contribution < -0.4 is 5.32 Å². The predicted molar refractivity (Wildman–Crippen MR) is 61.1 cm³/mol. The molecule has 0 bridgehead atoms. The lowest BCUT2D eigenvalue weighted by molar-refractivity contribution is -0.107. The van der Waals surface area contributed by atoms with Crippen molar-refractivity contribution in [3.8, 4) is 0 Å². The first kappa shape index (κ1) is 13.3. The predicted octanol–water partition coefficient (Wildman–Crippen LogP) is 1.82. The van der Waals surface area contributed by atoms with Crippen LogP contribution in [0.3, 0.4) is 0 Å². The average molecular weight is 198 g/mol. The van der Waals surface area contributed by atoms with Gasteiger partial charge in [0, 0.05) is 13.0 Å². The van der Waals surface area contributed by atoms with E-state index in [0.29, 0.717) is 6.42 Å². The van der Waals surface area contributed by atoms with Crippen molar-refractivity contribution in [3.05, 3.63) is 0 Å². The van der Waals surface area contributed by atoms with Crippen molar-refractivity contribution < 1.29 is 4.79 Å². The molecule has 3 heteroatoms. The van der Waals surface area contributed by atoms with Gasteiger partial charge in [0.05, 0.1) is 0 Å². The summed E-state index contributed by atoms with van der Waals surface area (Å²) in [6.07, 6.45) is 9.10. The van der Waals surface area contributed by atoms with Crippen LogP contribution in [0.25, 0.3) is 0 Å². The third-order valence-corrected chi connectivity index (χ3v) is 2.00. The van der Waals surface area contributed by atoms with Gasteiger partial charge in [0.15, 0.2) is 0 Å². The molecule has 0 aliphatic rings. The largest absolute Gasteiger partial charge is 0.320 e. The summed E-state index contributed by atoms with van der Waals surface area (Å²) in [5, 5.41) is 3.12. The second kappa shape index (κ2) is 12.3. The highest BCUT2D eigenvalue weighted by molar-refractivity contribution is 5.58. The number of aldehydes is 1. The van der Waals surface area contributed by atoms with Crippen LogP contribution in [0, 0.1) is 0 Å². The molecule has 0 heterocycles. The highest BCUT2D eigenvalue weighted by Gasteiger charge is 1.86. The number of unbranched alkanes of at least 4 members (excludes halogenated alkanes) is 4. The van der Waals surface area contributed by atoms with Crippen molar-refractivity contribution in [2.75, 3.05) is 20.1 Å². The number of aliphatic imine (C=N–C) groups is 1. The molecule has 0 spiro atoms. The normalized spacial score (nSPS) is 10.9. The quantitative estimate of drug-likeness (QED) is 0.330. The topological polar surface area (TPSA) is 41.5 Å². The van der Waals surface area contributed by atoms with E-state index in [0.717, 1.165) is 32.2 Å². The molecule has 0 radical (unpaired) electrons. The molecule has 0 saturated carbocycles. The second-order valence-corrected chi connectivity index (χ2v) is 3.35. The smallest absolute Gasteiger partial charge is 0.120 e. The maximum Gasteiger partial charge on any atom is 0.120 e.